The van der Waals surface area contributed by atoms with E-state index in [0.29, 0.717) is 40.4 Å². The summed E-state index contributed by atoms with van der Waals surface area (Å²) in [6.07, 6.45) is 4.90. The Morgan fingerprint density at radius 2 is 1.98 bits per heavy atom. The minimum atomic E-state index is -0.393. The van der Waals surface area contributed by atoms with Gasteiger partial charge in [-0.2, -0.15) is 10.2 Å². The molecule has 4 aromatic heterocycles. The van der Waals surface area contributed by atoms with Crippen molar-refractivity contribution in [2.45, 2.75) is 51.0 Å². The summed E-state index contributed by atoms with van der Waals surface area (Å²) in [5, 5.41) is 16.1. The molecule has 0 spiro atoms. The van der Waals surface area contributed by atoms with Crippen LogP contribution in [0.5, 0.6) is 5.88 Å². The van der Waals surface area contributed by atoms with Crippen molar-refractivity contribution >= 4 is 22.6 Å². The number of pyridine rings is 2. The number of likely N-dealkylation sites (tertiary alicyclic amines) is 1. The van der Waals surface area contributed by atoms with Gasteiger partial charge in [-0.05, 0) is 56.6 Å². The molecule has 13 heteroatoms. The summed E-state index contributed by atoms with van der Waals surface area (Å²) in [6, 6.07) is 14.1. The highest BCUT2D eigenvalue weighted by atomic mass is 35.5. The van der Waals surface area contributed by atoms with Crippen LogP contribution in [-0.4, -0.2) is 65.4 Å². The fourth-order valence-corrected chi connectivity index (χ4v) is 5.86. The Balaban J connectivity index is 1.03. The zero-order valence-electron chi connectivity index (χ0n) is 23.8. The van der Waals surface area contributed by atoms with Gasteiger partial charge in [0, 0.05) is 34.9 Å². The first kappa shape index (κ1) is 28.3. The molecule has 224 valence electrons. The van der Waals surface area contributed by atoms with Gasteiger partial charge < -0.3 is 14.0 Å². The molecule has 44 heavy (non-hydrogen) atoms. The molecule has 0 radical (unpaired) electrons. The Labute approximate surface area is 257 Å². The maximum absolute atomic E-state index is 14.2. The van der Waals surface area contributed by atoms with Gasteiger partial charge in [0.15, 0.2) is 5.82 Å². The lowest BCUT2D eigenvalue weighted by Gasteiger charge is -2.32. The number of nitriles is 1. The molecule has 11 nitrogen and oxygen atoms in total. The number of fused-ring (bicyclic) bond motifs is 1. The van der Waals surface area contributed by atoms with Crippen LogP contribution in [0, 0.1) is 17.1 Å². The van der Waals surface area contributed by atoms with E-state index in [1.807, 2.05) is 30.5 Å². The molecule has 0 bridgehead atoms. The Morgan fingerprint density at radius 1 is 1.11 bits per heavy atom. The zero-order chi connectivity index (χ0) is 30.0. The molecule has 7 rings (SSSR count). The van der Waals surface area contributed by atoms with Crippen LogP contribution in [0.3, 0.4) is 0 Å². The first-order chi connectivity index (χ1) is 21.5. The van der Waals surface area contributed by atoms with E-state index in [1.165, 1.54) is 6.07 Å². The van der Waals surface area contributed by atoms with Crippen molar-refractivity contribution in [2.75, 3.05) is 19.7 Å². The fourth-order valence-electron chi connectivity index (χ4n) is 5.70. The van der Waals surface area contributed by atoms with Crippen molar-refractivity contribution in [1.82, 2.24) is 39.6 Å². The number of rotatable bonds is 9. The summed E-state index contributed by atoms with van der Waals surface area (Å²) >= 11 is 5.86. The Bertz CT molecular complexity index is 1840. The van der Waals surface area contributed by atoms with E-state index in [-0.39, 0.29) is 18.5 Å². The topological polar surface area (TPSA) is 131 Å². The summed E-state index contributed by atoms with van der Waals surface area (Å²) in [6.45, 7) is 4.09. The Morgan fingerprint density at radius 3 is 2.73 bits per heavy atom. The van der Waals surface area contributed by atoms with Crippen LogP contribution in [0.15, 0.2) is 48.7 Å². The molecule has 1 aromatic carbocycles. The van der Waals surface area contributed by atoms with Crippen LogP contribution in [0.1, 0.15) is 48.1 Å². The molecule has 1 N–H and O–H groups in total. The van der Waals surface area contributed by atoms with E-state index in [0.717, 1.165) is 68.1 Å². The standard InChI is InChI=1S/C31H29ClFN9O2/c32-21-5-4-20(23(33)12-21)18-44-30-3-1-2-24(37-30)19-6-9-41(10-7-19)17-29-36-25-13-26(31-38-28(14-34)39-40-31)35-15-27(25)42(29)16-22-8-11-43-22/h1-5,12-13,15,19,22H,6-11,16-18H2,(H,38,39,40). The molecule has 2 fully saturated rings. The van der Waals surface area contributed by atoms with Crippen molar-refractivity contribution in [3.8, 4) is 23.5 Å². The summed E-state index contributed by atoms with van der Waals surface area (Å²) in [4.78, 5) is 20.9. The van der Waals surface area contributed by atoms with Crippen molar-refractivity contribution < 1.29 is 13.9 Å². The van der Waals surface area contributed by atoms with Gasteiger partial charge in [-0.1, -0.05) is 23.7 Å². The van der Waals surface area contributed by atoms with E-state index in [1.54, 1.807) is 18.2 Å². The average Bonchev–Trinajstić information content (AvgIpc) is 3.63. The van der Waals surface area contributed by atoms with Gasteiger partial charge in [-0.15, -0.1) is 5.10 Å². The molecule has 1 unspecified atom stereocenters. The highest BCUT2D eigenvalue weighted by Gasteiger charge is 2.26. The maximum atomic E-state index is 14.2. The number of hydrogen-bond acceptors (Lipinski definition) is 9. The first-order valence-corrected chi connectivity index (χ1v) is 15.0. The normalized spacial score (nSPS) is 17.4. The molecule has 2 aliphatic rings. The van der Waals surface area contributed by atoms with Gasteiger partial charge in [0.1, 0.15) is 30.0 Å². The summed E-state index contributed by atoms with van der Waals surface area (Å²) < 4.78 is 28.0. The number of H-pyrrole nitrogens is 1. The third-order valence-electron chi connectivity index (χ3n) is 8.23. The second-order valence-corrected chi connectivity index (χ2v) is 11.5. The van der Waals surface area contributed by atoms with E-state index in [4.69, 9.17) is 36.3 Å². The lowest BCUT2D eigenvalue weighted by molar-refractivity contribution is -0.0592. The monoisotopic (exact) mass is 613 g/mol. The van der Waals surface area contributed by atoms with Gasteiger partial charge in [0.2, 0.25) is 5.88 Å². The average molecular weight is 614 g/mol. The molecule has 0 saturated carbocycles. The smallest absolute Gasteiger partial charge is 0.252 e. The van der Waals surface area contributed by atoms with Crippen LogP contribution in [0.25, 0.3) is 22.6 Å². The number of aromatic amines is 1. The van der Waals surface area contributed by atoms with Crippen molar-refractivity contribution in [3.63, 3.8) is 0 Å². The largest absolute Gasteiger partial charge is 0.473 e. The Kier molecular flexibility index (Phi) is 7.91. The van der Waals surface area contributed by atoms with Gasteiger partial charge in [0.05, 0.1) is 36.4 Å². The maximum Gasteiger partial charge on any atom is 0.252 e. The zero-order valence-corrected chi connectivity index (χ0v) is 24.5. The van der Waals surface area contributed by atoms with Crippen LogP contribution in [-0.2, 0) is 24.4 Å². The van der Waals surface area contributed by atoms with Crippen molar-refractivity contribution in [3.05, 3.63) is 82.4 Å². The predicted octanol–water partition coefficient (Wildman–Crippen LogP) is 5.02. The van der Waals surface area contributed by atoms with Crippen molar-refractivity contribution in [1.29, 1.82) is 5.26 Å². The van der Waals surface area contributed by atoms with Gasteiger partial charge >= 0.3 is 0 Å². The number of nitrogens with one attached hydrogen (secondary N) is 1. The third-order valence-corrected chi connectivity index (χ3v) is 8.46. The lowest BCUT2D eigenvalue weighted by atomic mass is 9.93. The molecule has 0 amide bonds. The molecule has 2 saturated heterocycles. The Hall–Kier alpha value is -4.44. The van der Waals surface area contributed by atoms with Crippen LogP contribution in [0.4, 0.5) is 4.39 Å². The molecule has 0 aliphatic carbocycles. The second-order valence-electron chi connectivity index (χ2n) is 11.1. The minimum absolute atomic E-state index is 0.0708. The number of nitrogens with zero attached hydrogens (tertiary/aromatic N) is 8. The SMILES string of the molecule is N#Cc1n[nH]c(-c2cc3nc(CN4CCC(c5cccc(OCc6ccc(Cl)cc6F)n5)CC4)n(CC4CCO4)c3cn2)n1. The number of halogens is 2. The lowest BCUT2D eigenvalue weighted by Crippen LogP contribution is -2.35. The number of imidazole rings is 1. The summed E-state index contributed by atoms with van der Waals surface area (Å²) in [5.41, 5.74) is 3.75. The molecule has 1 atom stereocenters. The van der Waals surface area contributed by atoms with Gasteiger partial charge in [0.25, 0.3) is 5.82 Å². The van der Waals surface area contributed by atoms with E-state index >= 15 is 0 Å². The summed E-state index contributed by atoms with van der Waals surface area (Å²) in [7, 11) is 0. The molecule has 5 aromatic rings. The van der Waals surface area contributed by atoms with E-state index < -0.39 is 5.82 Å². The molecule has 6 heterocycles. The van der Waals surface area contributed by atoms with Crippen molar-refractivity contribution in [2.24, 2.45) is 0 Å². The van der Waals surface area contributed by atoms with Crippen LogP contribution in [0.2, 0.25) is 5.02 Å². The first-order valence-electron chi connectivity index (χ1n) is 14.6. The van der Waals surface area contributed by atoms with Gasteiger partial charge in [-0.3, -0.25) is 15.0 Å². The minimum Gasteiger partial charge on any atom is -0.473 e. The van der Waals surface area contributed by atoms with Crippen LogP contribution < -0.4 is 4.74 Å². The second kappa shape index (κ2) is 12.3. The fraction of sp³-hybridized carbons (Fsp3) is 0.355. The third kappa shape index (κ3) is 5.99. The number of piperidine rings is 1. The number of ether oxygens (including phenoxy) is 2. The predicted molar refractivity (Wildman–Crippen MR) is 159 cm³/mol. The number of benzene rings is 1. The number of aromatic nitrogens is 7. The quantitative estimate of drug-likeness (QED) is 0.243. The highest BCUT2D eigenvalue weighted by molar-refractivity contribution is 6.30. The van der Waals surface area contributed by atoms with E-state index in [2.05, 4.69) is 29.6 Å². The number of hydrogen-bond donors (Lipinski definition) is 1. The molecular weight excluding hydrogens is 585 g/mol. The van der Waals surface area contributed by atoms with Gasteiger partial charge in [-0.25, -0.2) is 14.4 Å². The molecule has 2 aliphatic heterocycles. The van der Waals surface area contributed by atoms with E-state index in [9.17, 15) is 4.39 Å². The van der Waals surface area contributed by atoms with Crippen LogP contribution >= 0.6 is 11.6 Å². The highest BCUT2D eigenvalue weighted by Crippen LogP contribution is 2.30. The summed E-state index contributed by atoms with van der Waals surface area (Å²) in [5.74, 6) is 1.86. The molecular formula is C31H29ClFN9O2.